The van der Waals surface area contributed by atoms with Crippen molar-refractivity contribution in [3.8, 4) is 0 Å². The van der Waals surface area contributed by atoms with E-state index in [1.165, 1.54) is 0 Å². The summed E-state index contributed by atoms with van der Waals surface area (Å²) in [7, 11) is 0. The molecule has 0 radical (unpaired) electrons. The normalized spacial score (nSPS) is 26.1. The first-order valence-electron chi connectivity index (χ1n) is 5.19. The van der Waals surface area contributed by atoms with E-state index < -0.39 is 5.60 Å². The molecule has 2 heterocycles. The maximum Gasteiger partial charge on any atom is 0.117 e. The lowest BCUT2D eigenvalue weighted by atomic mass is 9.99. The van der Waals surface area contributed by atoms with Crippen molar-refractivity contribution in [1.82, 2.24) is 9.78 Å². The average Bonchev–Trinajstić information content (AvgIpc) is 2.75. The second-order valence-electron chi connectivity index (χ2n) is 3.90. The Kier molecular flexibility index (Phi) is 3.42. The fourth-order valence-electron chi connectivity index (χ4n) is 1.95. The van der Waals surface area contributed by atoms with Gasteiger partial charge in [0.1, 0.15) is 5.60 Å². The molecule has 1 atom stereocenters. The van der Waals surface area contributed by atoms with Gasteiger partial charge in [0.25, 0.3) is 0 Å². The molecule has 0 bridgehead atoms. The maximum atomic E-state index is 10.5. The second kappa shape index (κ2) is 4.47. The number of nitrogens with zero attached hydrogens (tertiary/aromatic N) is 2. The van der Waals surface area contributed by atoms with Crippen LogP contribution in [-0.2, 0) is 12.1 Å². The number of thioether (sulfide) groups is 1. The fraction of sp³-hybridized carbons (Fsp3) is 0.700. The van der Waals surface area contributed by atoms with Crippen molar-refractivity contribution in [2.75, 3.05) is 11.5 Å². The molecule has 0 aliphatic carbocycles. The van der Waals surface area contributed by atoms with Crippen LogP contribution >= 0.6 is 27.7 Å². The molecule has 2 rings (SSSR count). The zero-order valence-corrected chi connectivity index (χ0v) is 11.1. The highest BCUT2D eigenvalue weighted by Crippen LogP contribution is 2.39. The molecule has 0 saturated carbocycles. The van der Waals surface area contributed by atoms with Gasteiger partial charge in [-0.2, -0.15) is 16.9 Å². The van der Waals surface area contributed by atoms with E-state index in [2.05, 4.69) is 28.0 Å². The minimum absolute atomic E-state index is 0.685. The third-order valence-corrected chi connectivity index (χ3v) is 4.43. The minimum atomic E-state index is -0.685. The van der Waals surface area contributed by atoms with Crippen LogP contribution in [0.5, 0.6) is 0 Å². The van der Waals surface area contributed by atoms with Gasteiger partial charge in [-0.15, -0.1) is 0 Å². The molecule has 1 aliphatic heterocycles. The molecule has 0 aromatic carbocycles. The van der Waals surface area contributed by atoms with Gasteiger partial charge in [-0.05, 0) is 34.5 Å². The molecule has 1 N–H and O–H groups in total. The smallest absolute Gasteiger partial charge is 0.117 e. The Labute approximate surface area is 102 Å². The number of aryl methyl sites for hydroxylation is 1. The predicted octanol–water partition coefficient (Wildman–Crippen LogP) is 2.38. The molecule has 3 nitrogen and oxygen atoms in total. The number of hydrogen-bond acceptors (Lipinski definition) is 3. The topological polar surface area (TPSA) is 38.0 Å². The molecule has 1 aromatic heterocycles. The largest absolute Gasteiger partial charge is 0.383 e. The minimum Gasteiger partial charge on any atom is -0.383 e. The van der Waals surface area contributed by atoms with E-state index in [-0.39, 0.29) is 0 Å². The van der Waals surface area contributed by atoms with Crippen molar-refractivity contribution in [2.45, 2.75) is 31.9 Å². The summed E-state index contributed by atoms with van der Waals surface area (Å²) >= 11 is 5.28. The van der Waals surface area contributed by atoms with Crippen LogP contribution in [0.25, 0.3) is 0 Å². The summed E-state index contributed by atoms with van der Waals surface area (Å²) in [6.07, 6.45) is 3.64. The Morgan fingerprint density at radius 1 is 1.73 bits per heavy atom. The van der Waals surface area contributed by atoms with Gasteiger partial charge in [-0.3, -0.25) is 4.68 Å². The molecule has 1 saturated heterocycles. The van der Waals surface area contributed by atoms with Crippen molar-refractivity contribution in [1.29, 1.82) is 0 Å². The highest BCUT2D eigenvalue weighted by Gasteiger charge is 2.38. The van der Waals surface area contributed by atoms with E-state index in [0.29, 0.717) is 0 Å². The van der Waals surface area contributed by atoms with Crippen LogP contribution in [0, 0.1) is 0 Å². The van der Waals surface area contributed by atoms with Crippen LogP contribution in [0.4, 0.5) is 0 Å². The van der Waals surface area contributed by atoms with Crippen molar-refractivity contribution in [3.05, 3.63) is 16.4 Å². The van der Waals surface area contributed by atoms with E-state index in [1.54, 1.807) is 18.0 Å². The van der Waals surface area contributed by atoms with E-state index in [4.69, 9.17) is 0 Å². The number of rotatable bonds is 3. The summed E-state index contributed by atoms with van der Waals surface area (Å²) in [6, 6.07) is 0. The van der Waals surface area contributed by atoms with Crippen LogP contribution in [-0.4, -0.2) is 26.4 Å². The Morgan fingerprint density at radius 2 is 2.53 bits per heavy atom. The summed E-state index contributed by atoms with van der Waals surface area (Å²) in [5, 5.41) is 14.8. The third kappa shape index (κ3) is 2.10. The van der Waals surface area contributed by atoms with Gasteiger partial charge in [-0.25, -0.2) is 0 Å². The maximum absolute atomic E-state index is 10.5. The Morgan fingerprint density at radius 3 is 3.13 bits per heavy atom. The van der Waals surface area contributed by atoms with Crippen LogP contribution in [0.1, 0.15) is 25.5 Å². The third-order valence-electron chi connectivity index (χ3n) is 2.67. The average molecular weight is 291 g/mol. The summed E-state index contributed by atoms with van der Waals surface area (Å²) in [6.45, 7) is 2.99. The van der Waals surface area contributed by atoms with Crippen LogP contribution < -0.4 is 0 Å². The summed E-state index contributed by atoms with van der Waals surface area (Å²) in [5.74, 6) is 1.81. The first kappa shape index (κ1) is 11.5. The summed E-state index contributed by atoms with van der Waals surface area (Å²) in [4.78, 5) is 0. The van der Waals surface area contributed by atoms with Gasteiger partial charge in [0.05, 0.1) is 16.4 Å². The standard InChI is InChI=1S/C10H15BrN2OS/c1-2-4-13-9(8(11)6-12-13)10(14)3-5-15-7-10/h6,14H,2-5,7H2,1H3. The van der Waals surface area contributed by atoms with Crippen molar-refractivity contribution < 1.29 is 5.11 Å². The van der Waals surface area contributed by atoms with Crippen molar-refractivity contribution >= 4 is 27.7 Å². The van der Waals surface area contributed by atoms with Gasteiger partial charge in [0.2, 0.25) is 0 Å². The van der Waals surface area contributed by atoms with E-state index >= 15 is 0 Å². The van der Waals surface area contributed by atoms with Crippen molar-refractivity contribution in [2.24, 2.45) is 0 Å². The molecule has 0 amide bonds. The lowest BCUT2D eigenvalue weighted by Gasteiger charge is -2.23. The molecule has 1 fully saturated rings. The lowest BCUT2D eigenvalue weighted by Crippen LogP contribution is -2.29. The van der Waals surface area contributed by atoms with Gasteiger partial charge < -0.3 is 5.11 Å². The lowest BCUT2D eigenvalue weighted by molar-refractivity contribution is 0.0550. The number of aromatic nitrogens is 2. The highest BCUT2D eigenvalue weighted by molar-refractivity contribution is 9.10. The Balaban J connectivity index is 2.36. The molecular formula is C10H15BrN2OS. The summed E-state index contributed by atoms with van der Waals surface area (Å²) < 4.78 is 2.86. The monoisotopic (exact) mass is 290 g/mol. The van der Waals surface area contributed by atoms with Crippen LogP contribution in [0.2, 0.25) is 0 Å². The zero-order chi connectivity index (χ0) is 10.9. The van der Waals surface area contributed by atoms with Crippen LogP contribution in [0.3, 0.4) is 0 Å². The zero-order valence-electron chi connectivity index (χ0n) is 8.74. The molecular weight excluding hydrogens is 276 g/mol. The summed E-state index contributed by atoms with van der Waals surface area (Å²) in [5.41, 5.74) is 0.268. The number of halogens is 1. The van der Waals surface area contributed by atoms with E-state index in [1.807, 2.05) is 4.68 Å². The highest BCUT2D eigenvalue weighted by atomic mass is 79.9. The second-order valence-corrected chi connectivity index (χ2v) is 5.86. The predicted molar refractivity (Wildman–Crippen MR) is 66.1 cm³/mol. The SMILES string of the molecule is CCCn1ncc(Br)c1C1(O)CCSC1. The molecule has 15 heavy (non-hydrogen) atoms. The van der Waals surface area contributed by atoms with Gasteiger partial charge in [0, 0.05) is 12.3 Å². The van der Waals surface area contributed by atoms with E-state index in [0.717, 1.165) is 41.1 Å². The van der Waals surface area contributed by atoms with Gasteiger partial charge >= 0.3 is 0 Å². The van der Waals surface area contributed by atoms with Crippen molar-refractivity contribution in [3.63, 3.8) is 0 Å². The molecule has 0 spiro atoms. The fourth-order valence-corrected chi connectivity index (χ4v) is 3.86. The molecule has 84 valence electrons. The van der Waals surface area contributed by atoms with Gasteiger partial charge in [0.15, 0.2) is 0 Å². The molecule has 1 aliphatic rings. The molecule has 1 aromatic rings. The number of hydrogen-bond donors (Lipinski definition) is 1. The molecule has 5 heteroatoms. The first-order valence-corrected chi connectivity index (χ1v) is 7.14. The molecule has 1 unspecified atom stereocenters. The number of aliphatic hydroxyl groups is 1. The quantitative estimate of drug-likeness (QED) is 0.929. The first-order chi connectivity index (χ1) is 7.17. The Bertz CT molecular complexity index is 347. The van der Waals surface area contributed by atoms with Gasteiger partial charge in [-0.1, -0.05) is 6.92 Å². The Hall–Kier alpha value is -0.0000000000000000555. The van der Waals surface area contributed by atoms with Crippen LogP contribution in [0.15, 0.2) is 10.7 Å². The van der Waals surface area contributed by atoms with E-state index in [9.17, 15) is 5.11 Å².